The Bertz CT molecular complexity index is 418. The zero-order chi connectivity index (χ0) is 11.4. The van der Waals surface area contributed by atoms with Crippen molar-refractivity contribution in [2.45, 2.75) is 12.8 Å². The summed E-state index contributed by atoms with van der Waals surface area (Å²) in [5, 5.41) is 6.53. The van der Waals surface area contributed by atoms with E-state index in [9.17, 15) is 0 Å². The van der Waals surface area contributed by atoms with E-state index in [0.29, 0.717) is 0 Å². The number of hydrogen-bond donors (Lipinski definition) is 0. The number of nitrogens with zero attached hydrogens (tertiary/aromatic N) is 2. The molecule has 0 saturated heterocycles. The number of allylic oxidation sites excluding steroid dienone is 1. The predicted octanol–water partition coefficient (Wildman–Crippen LogP) is 3.19. The Morgan fingerprint density at radius 3 is 2.69 bits per heavy atom. The molecule has 2 rings (SSSR count). The lowest BCUT2D eigenvalue weighted by Gasteiger charge is -2.26. The van der Waals surface area contributed by atoms with Crippen LogP contribution in [0.25, 0.3) is 0 Å². The van der Waals surface area contributed by atoms with Gasteiger partial charge in [0.05, 0.1) is 12.3 Å². The third kappa shape index (κ3) is 2.22. The van der Waals surface area contributed by atoms with Crippen LogP contribution in [-0.2, 0) is 0 Å². The summed E-state index contributed by atoms with van der Waals surface area (Å²) < 4.78 is 0. The van der Waals surface area contributed by atoms with E-state index >= 15 is 0 Å². The maximum atomic E-state index is 4.60. The van der Waals surface area contributed by atoms with Crippen LogP contribution in [0.5, 0.6) is 0 Å². The van der Waals surface area contributed by atoms with Crippen LogP contribution >= 0.6 is 0 Å². The average molecular weight is 212 g/mol. The van der Waals surface area contributed by atoms with E-state index in [0.717, 1.165) is 30.8 Å². The van der Waals surface area contributed by atoms with E-state index in [2.05, 4.69) is 30.4 Å². The summed E-state index contributed by atoms with van der Waals surface area (Å²) in [6.07, 6.45) is 3.79. The quantitative estimate of drug-likeness (QED) is 0.702. The van der Waals surface area contributed by atoms with Crippen molar-refractivity contribution < 1.29 is 0 Å². The fourth-order valence-corrected chi connectivity index (χ4v) is 1.78. The molecule has 0 fully saturated rings. The molecule has 0 aromatic heterocycles. The molecule has 0 N–H and O–H groups in total. The maximum Gasteiger partial charge on any atom is 0.0685 e. The summed E-state index contributed by atoms with van der Waals surface area (Å²) >= 11 is 0. The van der Waals surface area contributed by atoms with Gasteiger partial charge in [0.25, 0.3) is 0 Å². The Hall–Kier alpha value is -1.83. The molecule has 1 aromatic carbocycles. The third-order valence-corrected chi connectivity index (χ3v) is 2.67. The van der Waals surface area contributed by atoms with Crippen molar-refractivity contribution in [2.24, 2.45) is 5.10 Å². The lowest BCUT2D eigenvalue weighted by atomic mass is 10.0. The van der Waals surface area contributed by atoms with Gasteiger partial charge in [-0.05, 0) is 18.4 Å². The van der Waals surface area contributed by atoms with E-state index in [-0.39, 0.29) is 0 Å². The molecule has 0 aliphatic carbocycles. The van der Waals surface area contributed by atoms with Gasteiger partial charge in [-0.3, -0.25) is 5.01 Å². The van der Waals surface area contributed by atoms with E-state index < -0.39 is 0 Å². The smallest absolute Gasteiger partial charge is 0.0685 e. The minimum absolute atomic E-state index is 0.731. The number of benzene rings is 1. The van der Waals surface area contributed by atoms with Crippen LogP contribution in [0.4, 0.5) is 0 Å². The highest BCUT2D eigenvalue weighted by Crippen LogP contribution is 2.20. The lowest BCUT2D eigenvalue weighted by Crippen LogP contribution is -2.24. The van der Waals surface area contributed by atoms with Crippen molar-refractivity contribution in [3.8, 4) is 0 Å². The first kappa shape index (κ1) is 10.7. The van der Waals surface area contributed by atoms with Crippen molar-refractivity contribution in [2.75, 3.05) is 6.54 Å². The molecule has 82 valence electrons. The molecule has 2 nitrogen and oxygen atoms in total. The second kappa shape index (κ2) is 4.79. The minimum Gasteiger partial charge on any atom is -0.266 e. The van der Waals surface area contributed by atoms with E-state index in [1.807, 2.05) is 29.3 Å². The molecule has 0 amide bonds. The highest BCUT2D eigenvalue weighted by molar-refractivity contribution is 6.00. The predicted molar refractivity (Wildman–Crippen MR) is 68.3 cm³/mol. The van der Waals surface area contributed by atoms with Crippen molar-refractivity contribution in [1.82, 2.24) is 5.01 Å². The lowest BCUT2D eigenvalue weighted by molar-refractivity contribution is 0.377. The Kier molecular flexibility index (Phi) is 3.20. The van der Waals surface area contributed by atoms with Gasteiger partial charge in [-0.1, -0.05) is 43.0 Å². The van der Waals surface area contributed by atoms with Crippen LogP contribution in [0.1, 0.15) is 18.4 Å². The summed E-state index contributed by atoms with van der Waals surface area (Å²) in [4.78, 5) is 0. The molecule has 0 radical (unpaired) electrons. The van der Waals surface area contributed by atoms with Gasteiger partial charge in [0.15, 0.2) is 0 Å². The van der Waals surface area contributed by atoms with Crippen LogP contribution in [0.2, 0.25) is 0 Å². The van der Waals surface area contributed by atoms with E-state index in [1.165, 1.54) is 5.56 Å². The zero-order valence-electron chi connectivity index (χ0n) is 9.39. The first-order valence-electron chi connectivity index (χ1n) is 5.50. The molecule has 16 heavy (non-hydrogen) atoms. The second-order valence-corrected chi connectivity index (χ2v) is 3.85. The van der Waals surface area contributed by atoms with Crippen molar-refractivity contribution in [3.05, 3.63) is 60.8 Å². The maximum absolute atomic E-state index is 4.60. The first-order chi connectivity index (χ1) is 7.81. The van der Waals surface area contributed by atoms with Crippen LogP contribution < -0.4 is 0 Å². The molecule has 0 bridgehead atoms. The summed E-state index contributed by atoms with van der Waals surface area (Å²) in [6.45, 7) is 8.48. The number of rotatable bonds is 3. The van der Waals surface area contributed by atoms with Crippen LogP contribution in [0.3, 0.4) is 0 Å². The van der Waals surface area contributed by atoms with Crippen molar-refractivity contribution in [1.29, 1.82) is 0 Å². The molecule has 1 aliphatic heterocycles. The summed E-state index contributed by atoms with van der Waals surface area (Å²) in [7, 11) is 0. The molecule has 0 unspecified atom stereocenters. The number of hydrazone groups is 1. The molecule has 1 aromatic rings. The Morgan fingerprint density at radius 1 is 1.25 bits per heavy atom. The van der Waals surface area contributed by atoms with E-state index in [1.54, 1.807) is 0 Å². The summed E-state index contributed by atoms with van der Waals surface area (Å²) in [5.41, 5.74) is 3.40. The van der Waals surface area contributed by atoms with Gasteiger partial charge in [-0.25, -0.2) is 0 Å². The zero-order valence-corrected chi connectivity index (χ0v) is 9.39. The fourth-order valence-electron chi connectivity index (χ4n) is 1.78. The second-order valence-electron chi connectivity index (χ2n) is 3.85. The molecule has 1 aliphatic rings. The van der Waals surface area contributed by atoms with Gasteiger partial charge < -0.3 is 0 Å². The molecule has 0 saturated carbocycles. The monoisotopic (exact) mass is 212 g/mol. The largest absolute Gasteiger partial charge is 0.266 e. The normalized spacial score (nSPS) is 15.9. The standard InChI is InChI=1S/C14H16N2/c1-3-11-16-12(2)9-10-14(15-16)13-7-5-4-6-8-13/h3-8H,1-2,9-11H2. The first-order valence-corrected chi connectivity index (χ1v) is 5.50. The van der Waals surface area contributed by atoms with Gasteiger partial charge in [-0.15, -0.1) is 6.58 Å². The van der Waals surface area contributed by atoms with Gasteiger partial charge in [0.1, 0.15) is 0 Å². The highest BCUT2D eigenvalue weighted by atomic mass is 15.5. The fraction of sp³-hybridized carbons (Fsp3) is 0.214. The van der Waals surface area contributed by atoms with Gasteiger partial charge >= 0.3 is 0 Å². The van der Waals surface area contributed by atoms with Crippen LogP contribution in [-0.4, -0.2) is 17.3 Å². The minimum atomic E-state index is 0.731. The van der Waals surface area contributed by atoms with Crippen LogP contribution in [0.15, 0.2) is 60.4 Å². The SMILES string of the molecule is C=CCN1N=C(c2ccccc2)CCC1=C. The summed E-state index contributed by atoms with van der Waals surface area (Å²) in [5.74, 6) is 0. The topological polar surface area (TPSA) is 15.6 Å². The molecule has 0 atom stereocenters. The highest BCUT2D eigenvalue weighted by Gasteiger charge is 2.15. The Labute approximate surface area is 96.6 Å². The molecule has 1 heterocycles. The van der Waals surface area contributed by atoms with Gasteiger partial charge in [-0.2, -0.15) is 5.10 Å². The molecule has 0 spiro atoms. The van der Waals surface area contributed by atoms with Crippen molar-refractivity contribution in [3.63, 3.8) is 0 Å². The average Bonchev–Trinajstić information content (AvgIpc) is 2.33. The molecular formula is C14H16N2. The van der Waals surface area contributed by atoms with Gasteiger partial charge in [0, 0.05) is 5.70 Å². The van der Waals surface area contributed by atoms with Crippen molar-refractivity contribution >= 4 is 5.71 Å². The Balaban J connectivity index is 2.25. The molecule has 2 heteroatoms. The van der Waals surface area contributed by atoms with Gasteiger partial charge in [0.2, 0.25) is 0 Å². The Morgan fingerprint density at radius 2 is 2.00 bits per heavy atom. The van der Waals surface area contributed by atoms with Crippen LogP contribution in [0, 0.1) is 0 Å². The van der Waals surface area contributed by atoms with E-state index in [4.69, 9.17) is 0 Å². The summed E-state index contributed by atoms with van der Waals surface area (Å²) in [6, 6.07) is 10.3. The third-order valence-electron chi connectivity index (χ3n) is 2.67. The molecular weight excluding hydrogens is 196 g/mol. The number of hydrogen-bond acceptors (Lipinski definition) is 2.